The van der Waals surface area contributed by atoms with Gasteiger partial charge in [0.2, 0.25) is 10.0 Å². The van der Waals surface area contributed by atoms with Crippen LogP contribution in [0.5, 0.6) is 0 Å². The first kappa shape index (κ1) is 20.6. The molecule has 160 valence electrons. The molecule has 0 atom stereocenters. The number of carbonyl (C=O) groups is 1. The zero-order valence-corrected chi connectivity index (χ0v) is 17.5. The molecule has 0 aliphatic carbocycles. The summed E-state index contributed by atoms with van der Waals surface area (Å²) in [5.74, 6) is 0.329. The van der Waals surface area contributed by atoms with Crippen molar-refractivity contribution in [3.05, 3.63) is 48.0 Å². The highest BCUT2D eigenvalue weighted by molar-refractivity contribution is 7.89. The maximum absolute atomic E-state index is 12.6. The predicted octanol–water partition coefficient (Wildman–Crippen LogP) is 1.94. The number of aryl methyl sites for hydroxylation is 2. The Labute approximate surface area is 174 Å². The largest absolute Gasteiger partial charge is 0.461 e. The van der Waals surface area contributed by atoms with E-state index in [-0.39, 0.29) is 17.2 Å². The molecule has 9 nitrogen and oxygen atoms in total. The normalized spacial score (nSPS) is 15.5. The molecule has 3 aromatic rings. The third kappa shape index (κ3) is 4.11. The van der Waals surface area contributed by atoms with Crippen LogP contribution in [0.4, 0.5) is 0 Å². The topological polar surface area (TPSA) is 107 Å². The quantitative estimate of drug-likeness (QED) is 0.452. The number of hydrogen-bond donors (Lipinski definition) is 1. The third-order valence-electron chi connectivity index (χ3n) is 5.09. The number of rotatable bonds is 7. The van der Waals surface area contributed by atoms with E-state index in [4.69, 9.17) is 9.47 Å². The third-order valence-corrected chi connectivity index (χ3v) is 6.97. The fraction of sp³-hybridized carbons (Fsp3) is 0.400. The summed E-state index contributed by atoms with van der Waals surface area (Å²) in [6, 6.07) is 9.21. The zero-order chi connectivity index (χ0) is 21.1. The summed E-state index contributed by atoms with van der Waals surface area (Å²) in [7, 11) is -3.65. The number of ether oxygens (including phenoxy) is 2. The lowest BCUT2D eigenvalue weighted by Crippen LogP contribution is -2.40. The number of nitrogens with one attached hydrogen (secondary N) is 1. The summed E-state index contributed by atoms with van der Waals surface area (Å²) in [4.78, 5) is 19.6. The summed E-state index contributed by atoms with van der Waals surface area (Å²) in [6.07, 6.45) is 1.94. The first-order chi connectivity index (χ1) is 14.5. The smallest absolute Gasteiger partial charge is 0.354 e. The molecular formula is C20H24N4O5S. The average Bonchev–Trinajstić information content (AvgIpc) is 3.37. The standard InChI is InChI=1S/C20H24N4O5S/c1-15-22-17-5-2-3-6-19(17)24(15)7-4-10-29-20(25)18-13-16(14-21-18)30(26,27)23-8-11-28-12-9-23/h2-3,5-6,13-14,21H,4,7-12H2,1H3. The Morgan fingerprint density at radius 1 is 1.27 bits per heavy atom. The molecule has 1 N–H and O–H groups in total. The van der Waals surface area contributed by atoms with Gasteiger partial charge in [0.05, 0.1) is 30.9 Å². The van der Waals surface area contributed by atoms with Crippen LogP contribution in [0.15, 0.2) is 41.4 Å². The van der Waals surface area contributed by atoms with E-state index in [0.29, 0.717) is 39.3 Å². The number of carbonyl (C=O) groups excluding carboxylic acids is 1. The summed E-state index contributed by atoms with van der Waals surface area (Å²) in [6.45, 7) is 4.16. The molecule has 0 saturated carbocycles. The van der Waals surface area contributed by atoms with Crippen LogP contribution >= 0.6 is 0 Å². The lowest BCUT2D eigenvalue weighted by molar-refractivity contribution is 0.0490. The minimum absolute atomic E-state index is 0.0526. The molecule has 1 aromatic carbocycles. The molecule has 1 aliphatic rings. The Hall–Kier alpha value is -2.69. The van der Waals surface area contributed by atoms with Crippen molar-refractivity contribution in [1.82, 2.24) is 18.8 Å². The van der Waals surface area contributed by atoms with Crippen molar-refractivity contribution < 1.29 is 22.7 Å². The number of benzene rings is 1. The monoisotopic (exact) mass is 432 g/mol. The lowest BCUT2D eigenvalue weighted by Gasteiger charge is -2.25. The van der Waals surface area contributed by atoms with Gasteiger partial charge < -0.3 is 19.0 Å². The van der Waals surface area contributed by atoms with E-state index >= 15 is 0 Å². The van der Waals surface area contributed by atoms with Gasteiger partial charge in [-0.25, -0.2) is 18.2 Å². The van der Waals surface area contributed by atoms with Gasteiger partial charge in [0.25, 0.3) is 0 Å². The summed E-state index contributed by atoms with van der Waals surface area (Å²) in [5.41, 5.74) is 2.10. The fourth-order valence-corrected chi connectivity index (χ4v) is 4.92. The molecular weight excluding hydrogens is 408 g/mol. The number of imidazole rings is 1. The number of sulfonamides is 1. The SMILES string of the molecule is Cc1nc2ccccc2n1CCCOC(=O)c1cc(S(=O)(=O)N2CCOCC2)c[nH]1. The van der Waals surface area contributed by atoms with Crippen molar-refractivity contribution in [3.8, 4) is 0 Å². The maximum Gasteiger partial charge on any atom is 0.354 e. The molecule has 0 amide bonds. The predicted molar refractivity (Wildman–Crippen MR) is 110 cm³/mol. The molecule has 4 rings (SSSR count). The van der Waals surface area contributed by atoms with Crippen LogP contribution in [0.2, 0.25) is 0 Å². The number of aromatic amines is 1. The number of hydrogen-bond acceptors (Lipinski definition) is 6. The summed E-state index contributed by atoms with van der Waals surface area (Å²) in [5, 5.41) is 0. The molecule has 1 saturated heterocycles. The molecule has 0 radical (unpaired) electrons. The van der Waals surface area contributed by atoms with Gasteiger partial charge in [0.15, 0.2) is 0 Å². The zero-order valence-electron chi connectivity index (χ0n) is 16.7. The Morgan fingerprint density at radius 3 is 2.83 bits per heavy atom. The van der Waals surface area contributed by atoms with E-state index in [1.807, 2.05) is 31.2 Å². The van der Waals surface area contributed by atoms with Crippen molar-refractivity contribution in [3.63, 3.8) is 0 Å². The second kappa shape index (κ2) is 8.58. The Balaban J connectivity index is 1.33. The van der Waals surface area contributed by atoms with Crippen molar-refractivity contribution in [2.75, 3.05) is 32.9 Å². The van der Waals surface area contributed by atoms with Crippen LogP contribution in [0.25, 0.3) is 11.0 Å². The number of aromatic nitrogens is 3. The first-order valence-corrected chi connectivity index (χ1v) is 11.3. The fourth-order valence-electron chi connectivity index (χ4n) is 3.52. The minimum atomic E-state index is -3.65. The Morgan fingerprint density at radius 2 is 2.03 bits per heavy atom. The van der Waals surface area contributed by atoms with E-state index in [1.165, 1.54) is 16.6 Å². The van der Waals surface area contributed by atoms with Crippen LogP contribution in [-0.4, -0.2) is 66.1 Å². The number of para-hydroxylation sites is 2. The van der Waals surface area contributed by atoms with E-state index in [0.717, 1.165) is 16.9 Å². The number of esters is 1. The van der Waals surface area contributed by atoms with Gasteiger partial charge >= 0.3 is 5.97 Å². The van der Waals surface area contributed by atoms with Crippen molar-refractivity contribution in [2.24, 2.45) is 0 Å². The van der Waals surface area contributed by atoms with Crippen LogP contribution in [0.1, 0.15) is 22.7 Å². The Bertz CT molecular complexity index is 1150. The minimum Gasteiger partial charge on any atom is -0.461 e. The molecule has 10 heteroatoms. The average molecular weight is 433 g/mol. The molecule has 2 aromatic heterocycles. The highest BCUT2D eigenvalue weighted by Gasteiger charge is 2.28. The molecule has 30 heavy (non-hydrogen) atoms. The van der Waals surface area contributed by atoms with Gasteiger partial charge in [-0.15, -0.1) is 0 Å². The van der Waals surface area contributed by atoms with Crippen LogP contribution in [0, 0.1) is 6.92 Å². The van der Waals surface area contributed by atoms with E-state index in [9.17, 15) is 13.2 Å². The van der Waals surface area contributed by atoms with Crippen LogP contribution in [0.3, 0.4) is 0 Å². The van der Waals surface area contributed by atoms with Gasteiger partial charge in [-0.1, -0.05) is 12.1 Å². The molecule has 3 heterocycles. The highest BCUT2D eigenvalue weighted by Crippen LogP contribution is 2.19. The first-order valence-electron chi connectivity index (χ1n) is 9.82. The summed E-state index contributed by atoms with van der Waals surface area (Å²) >= 11 is 0. The van der Waals surface area contributed by atoms with Gasteiger partial charge in [0.1, 0.15) is 16.4 Å². The van der Waals surface area contributed by atoms with E-state index in [1.54, 1.807) is 0 Å². The van der Waals surface area contributed by atoms with Crippen LogP contribution in [-0.2, 0) is 26.0 Å². The van der Waals surface area contributed by atoms with Crippen molar-refractivity contribution >= 4 is 27.0 Å². The van der Waals surface area contributed by atoms with Crippen LogP contribution < -0.4 is 0 Å². The number of morpholine rings is 1. The van der Waals surface area contributed by atoms with E-state index < -0.39 is 16.0 Å². The van der Waals surface area contributed by atoms with E-state index in [2.05, 4.69) is 14.5 Å². The lowest BCUT2D eigenvalue weighted by atomic mass is 10.3. The number of H-pyrrole nitrogens is 1. The van der Waals surface area contributed by atoms with Gasteiger partial charge in [-0.05, 0) is 31.5 Å². The number of nitrogens with zero attached hydrogens (tertiary/aromatic N) is 3. The second-order valence-electron chi connectivity index (χ2n) is 7.05. The maximum atomic E-state index is 12.6. The molecule has 1 aliphatic heterocycles. The van der Waals surface area contributed by atoms with Gasteiger partial charge in [-0.2, -0.15) is 4.31 Å². The van der Waals surface area contributed by atoms with Crippen molar-refractivity contribution in [2.45, 2.75) is 24.8 Å². The Kier molecular flexibility index (Phi) is 5.89. The van der Waals surface area contributed by atoms with Gasteiger partial charge in [0, 0.05) is 25.8 Å². The molecule has 0 bridgehead atoms. The number of fused-ring (bicyclic) bond motifs is 1. The molecule has 0 spiro atoms. The second-order valence-corrected chi connectivity index (χ2v) is 8.99. The highest BCUT2D eigenvalue weighted by atomic mass is 32.2. The van der Waals surface area contributed by atoms with Crippen molar-refractivity contribution in [1.29, 1.82) is 0 Å². The van der Waals surface area contributed by atoms with Gasteiger partial charge in [-0.3, -0.25) is 0 Å². The summed E-state index contributed by atoms with van der Waals surface area (Å²) < 4.78 is 39.2. The molecule has 1 fully saturated rings. The molecule has 0 unspecified atom stereocenters.